The first-order chi connectivity index (χ1) is 13.8. The van der Waals surface area contributed by atoms with Crippen molar-refractivity contribution in [1.29, 1.82) is 0 Å². The van der Waals surface area contributed by atoms with Gasteiger partial charge in [-0.25, -0.2) is 0 Å². The summed E-state index contributed by atoms with van der Waals surface area (Å²) in [4.78, 5) is 0. The van der Waals surface area contributed by atoms with Crippen molar-refractivity contribution >= 4 is 0 Å². The van der Waals surface area contributed by atoms with E-state index in [0.717, 1.165) is 47.8 Å². The molecule has 0 aromatic carbocycles. The minimum Gasteiger partial charge on any atom is -0.393 e. The number of hydrogen-bond acceptors (Lipinski definition) is 2. The van der Waals surface area contributed by atoms with E-state index in [1.807, 2.05) is 0 Å². The van der Waals surface area contributed by atoms with Gasteiger partial charge in [0.05, 0.1) is 18.3 Å². The first-order valence-electron chi connectivity index (χ1n) is 13.1. The van der Waals surface area contributed by atoms with E-state index in [2.05, 4.69) is 34.6 Å². The number of ether oxygens (including phenoxy) is 1. The predicted octanol–water partition coefficient (Wildman–Crippen LogP) is 6.46. The van der Waals surface area contributed by atoms with Gasteiger partial charge in [-0.2, -0.15) is 0 Å². The van der Waals surface area contributed by atoms with E-state index in [1.54, 1.807) is 0 Å². The van der Waals surface area contributed by atoms with Crippen LogP contribution in [0, 0.1) is 52.3 Å². The molecule has 5 fully saturated rings. The minimum atomic E-state index is -0.0603. The topological polar surface area (TPSA) is 29.5 Å². The summed E-state index contributed by atoms with van der Waals surface area (Å²) in [6.07, 6.45) is 14.0. The maximum atomic E-state index is 11.1. The van der Waals surface area contributed by atoms with Crippen LogP contribution in [-0.4, -0.2) is 23.4 Å². The Labute approximate surface area is 179 Å². The lowest BCUT2D eigenvalue weighted by atomic mass is 9.44. The van der Waals surface area contributed by atoms with Crippen LogP contribution in [0.3, 0.4) is 0 Å². The van der Waals surface area contributed by atoms with Gasteiger partial charge in [0.25, 0.3) is 0 Å². The van der Waals surface area contributed by atoms with E-state index in [-0.39, 0.29) is 11.5 Å². The van der Waals surface area contributed by atoms with Crippen molar-refractivity contribution in [3.63, 3.8) is 0 Å². The molecule has 1 heterocycles. The standard InChI is InChI=1S/C27H46O2/c1-16(2)9-12-22-17(3)25-23(29-22)15-21-19-11-10-18-7-6-8-24(28)27(18,5)20(19)13-14-26(21,25)4/h16-25,28H,6-15H2,1-5H3/t17-,18?,19-,20+,21+,22?,23+,24?,25+,26+,27+/m1/s1. The molecule has 1 N–H and O–H groups in total. The lowest BCUT2D eigenvalue weighted by Crippen LogP contribution is -2.57. The fraction of sp³-hybridized carbons (Fsp3) is 1.00. The molecular weight excluding hydrogens is 356 g/mol. The molecule has 1 aliphatic heterocycles. The van der Waals surface area contributed by atoms with Crippen molar-refractivity contribution in [2.75, 3.05) is 0 Å². The molecule has 5 aliphatic rings. The van der Waals surface area contributed by atoms with E-state index < -0.39 is 0 Å². The zero-order chi connectivity index (χ0) is 20.6. The van der Waals surface area contributed by atoms with Crippen LogP contribution < -0.4 is 0 Å². The fourth-order valence-electron chi connectivity index (χ4n) is 9.83. The molecule has 11 atom stereocenters. The lowest BCUT2D eigenvalue weighted by molar-refractivity contribution is -0.164. The lowest BCUT2D eigenvalue weighted by Gasteiger charge is -2.62. The Morgan fingerprint density at radius 3 is 2.59 bits per heavy atom. The van der Waals surface area contributed by atoms with E-state index in [0.29, 0.717) is 17.6 Å². The number of rotatable bonds is 3. The zero-order valence-corrected chi connectivity index (χ0v) is 19.7. The Balaban J connectivity index is 1.37. The van der Waals surface area contributed by atoms with Gasteiger partial charge in [-0.15, -0.1) is 0 Å². The average Bonchev–Trinajstić information content (AvgIpc) is 3.15. The molecule has 3 unspecified atom stereocenters. The summed E-state index contributed by atoms with van der Waals surface area (Å²) in [7, 11) is 0. The highest BCUT2D eigenvalue weighted by atomic mass is 16.5. The van der Waals surface area contributed by atoms with Crippen LogP contribution >= 0.6 is 0 Å². The van der Waals surface area contributed by atoms with Crippen LogP contribution in [0.4, 0.5) is 0 Å². The monoisotopic (exact) mass is 402 g/mol. The predicted molar refractivity (Wildman–Crippen MR) is 119 cm³/mol. The Bertz CT molecular complexity index is 616. The van der Waals surface area contributed by atoms with E-state index in [9.17, 15) is 5.11 Å². The molecule has 0 aromatic rings. The van der Waals surface area contributed by atoms with Crippen LogP contribution in [0.1, 0.15) is 98.8 Å². The van der Waals surface area contributed by atoms with Crippen LogP contribution in [0.2, 0.25) is 0 Å². The molecule has 2 nitrogen and oxygen atoms in total. The van der Waals surface area contributed by atoms with Crippen molar-refractivity contribution in [1.82, 2.24) is 0 Å². The van der Waals surface area contributed by atoms with E-state index in [1.165, 1.54) is 57.8 Å². The number of aliphatic hydroxyl groups is 1. The average molecular weight is 403 g/mol. The molecule has 0 spiro atoms. The third kappa shape index (κ3) is 2.94. The van der Waals surface area contributed by atoms with Gasteiger partial charge in [-0.05, 0) is 110 Å². The van der Waals surface area contributed by atoms with Gasteiger partial charge < -0.3 is 9.84 Å². The van der Waals surface area contributed by atoms with Crippen LogP contribution in [0.5, 0.6) is 0 Å². The summed E-state index contributed by atoms with van der Waals surface area (Å²) < 4.78 is 6.79. The highest BCUT2D eigenvalue weighted by molar-refractivity contribution is 5.14. The number of hydrogen-bond donors (Lipinski definition) is 1. The molecule has 4 saturated carbocycles. The second-order valence-electron chi connectivity index (χ2n) is 12.8. The van der Waals surface area contributed by atoms with Gasteiger partial charge in [0.15, 0.2) is 0 Å². The molecule has 1 saturated heterocycles. The molecular formula is C27H46O2. The molecule has 0 bridgehead atoms. The van der Waals surface area contributed by atoms with Gasteiger partial charge >= 0.3 is 0 Å². The van der Waals surface area contributed by atoms with Crippen LogP contribution in [0.25, 0.3) is 0 Å². The largest absolute Gasteiger partial charge is 0.393 e. The van der Waals surface area contributed by atoms with Crippen LogP contribution in [0.15, 0.2) is 0 Å². The molecule has 0 amide bonds. The van der Waals surface area contributed by atoms with Gasteiger partial charge in [0, 0.05) is 0 Å². The molecule has 4 aliphatic carbocycles. The van der Waals surface area contributed by atoms with Crippen molar-refractivity contribution in [3.05, 3.63) is 0 Å². The van der Waals surface area contributed by atoms with Crippen molar-refractivity contribution in [2.45, 2.75) is 117 Å². The molecule has 0 radical (unpaired) electrons. The Hall–Kier alpha value is -0.0800. The molecule has 166 valence electrons. The zero-order valence-electron chi connectivity index (χ0n) is 19.7. The third-order valence-electron chi connectivity index (χ3n) is 11.3. The SMILES string of the molecule is CC(C)CCC1O[C@H]2C[C@H]3[C@@H]4CCC5CCCC(O)[C@]5(C)[C@H]4CC[C@]3(C)[C@H]2[C@@H]1C. The van der Waals surface area contributed by atoms with E-state index >= 15 is 0 Å². The third-order valence-corrected chi connectivity index (χ3v) is 11.3. The molecule has 0 aromatic heterocycles. The summed E-state index contributed by atoms with van der Waals surface area (Å²) in [5.74, 6) is 5.46. The minimum absolute atomic E-state index is 0.0603. The summed E-state index contributed by atoms with van der Waals surface area (Å²) in [5, 5.41) is 11.1. The van der Waals surface area contributed by atoms with Crippen molar-refractivity contribution in [3.8, 4) is 0 Å². The smallest absolute Gasteiger partial charge is 0.0618 e. The first-order valence-corrected chi connectivity index (χ1v) is 13.1. The molecule has 5 rings (SSSR count). The Kier molecular flexibility index (Phi) is 5.18. The summed E-state index contributed by atoms with van der Waals surface area (Å²) >= 11 is 0. The maximum Gasteiger partial charge on any atom is 0.0618 e. The molecule has 2 heteroatoms. The second kappa shape index (κ2) is 7.22. The normalized spacial score (nSPS) is 56.6. The summed E-state index contributed by atoms with van der Waals surface area (Å²) in [5.41, 5.74) is 0.660. The van der Waals surface area contributed by atoms with Gasteiger partial charge in [0.2, 0.25) is 0 Å². The van der Waals surface area contributed by atoms with Crippen molar-refractivity contribution in [2.24, 2.45) is 52.3 Å². The highest BCUT2D eigenvalue weighted by Gasteiger charge is 2.66. The number of fused-ring (bicyclic) bond motifs is 7. The highest BCUT2D eigenvalue weighted by Crippen LogP contribution is 2.70. The first kappa shape index (κ1) is 20.8. The van der Waals surface area contributed by atoms with E-state index in [4.69, 9.17) is 4.74 Å². The van der Waals surface area contributed by atoms with Gasteiger partial charge in [0.1, 0.15) is 0 Å². The fourth-order valence-corrected chi connectivity index (χ4v) is 9.83. The molecule has 29 heavy (non-hydrogen) atoms. The van der Waals surface area contributed by atoms with Crippen LogP contribution in [-0.2, 0) is 4.74 Å². The van der Waals surface area contributed by atoms with Crippen molar-refractivity contribution < 1.29 is 9.84 Å². The van der Waals surface area contributed by atoms with Gasteiger partial charge in [-0.3, -0.25) is 0 Å². The maximum absolute atomic E-state index is 11.1. The van der Waals surface area contributed by atoms with Gasteiger partial charge in [-0.1, -0.05) is 41.0 Å². The second-order valence-corrected chi connectivity index (χ2v) is 12.8. The summed E-state index contributed by atoms with van der Waals surface area (Å²) in [6.45, 7) is 12.3. The summed E-state index contributed by atoms with van der Waals surface area (Å²) in [6, 6.07) is 0. The quantitative estimate of drug-likeness (QED) is 0.587. The Morgan fingerprint density at radius 2 is 1.83 bits per heavy atom. The Morgan fingerprint density at radius 1 is 1.03 bits per heavy atom. The number of aliphatic hydroxyl groups excluding tert-OH is 1.